The Hall–Kier alpha value is -1.27. The molecule has 0 unspecified atom stereocenters. The Morgan fingerprint density at radius 3 is 2.62 bits per heavy atom. The second-order valence-corrected chi connectivity index (χ2v) is 5.02. The van der Waals surface area contributed by atoms with Crippen LogP contribution >= 0.6 is 12.4 Å². The minimum Gasteiger partial charge on any atom is -0.324 e. The predicted molar refractivity (Wildman–Crippen MR) is 77.7 cm³/mol. The average molecular weight is 323 g/mol. The van der Waals surface area contributed by atoms with E-state index < -0.39 is 11.7 Å². The molecule has 1 aliphatic heterocycles. The number of aryl methyl sites for hydroxylation is 1. The fourth-order valence-electron chi connectivity index (χ4n) is 2.23. The normalized spacial score (nSPS) is 18.8. The summed E-state index contributed by atoms with van der Waals surface area (Å²) >= 11 is 0. The zero-order chi connectivity index (χ0) is 14.8. The van der Waals surface area contributed by atoms with Crippen molar-refractivity contribution in [1.29, 1.82) is 0 Å². The van der Waals surface area contributed by atoms with E-state index in [-0.39, 0.29) is 30.0 Å². The van der Waals surface area contributed by atoms with Gasteiger partial charge in [-0.1, -0.05) is 12.5 Å². The van der Waals surface area contributed by atoms with Gasteiger partial charge in [0.15, 0.2) is 0 Å². The molecule has 21 heavy (non-hydrogen) atoms. The average Bonchev–Trinajstić information content (AvgIpc) is 2.41. The number of carbonyl (C=O) groups is 1. The van der Waals surface area contributed by atoms with E-state index in [1.807, 2.05) is 0 Å². The largest absolute Gasteiger partial charge is 0.416 e. The van der Waals surface area contributed by atoms with Gasteiger partial charge in [-0.3, -0.25) is 4.79 Å². The Kier molecular flexibility index (Phi) is 6.04. The van der Waals surface area contributed by atoms with E-state index in [1.165, 1.54) is 6.07 Å². The topological polar surface area (TPSA) is 41.1 Å². The molecule has 1 amide bonds. The highest BCUT2D eigenvalue weighted by atomic mass is 35.5. The lowest BCUT2D eigenvalue weighted by molar-refractivity contribution is -0.137. The van der Waals surface area contributed by atoms with E-state index in [9.17, 15) is 18.0 Å². The molecule has 0 spiro atoms. The van der Waals surface area contributed by atoms with Gasteiger partial charge in [0.25, 0.3) is 0 Å². The first-order valence-electron chi connectivity index (χ1n) is 6.60. The van der Waals surface area contributed by atoms with Gasteiger partial charge < -0.3 is 10.6 Å². The molecular formula is C14H18ClF3N2O. The highest BCUT2D eigenvalue weighted by Crippen LogP contribution is 2.32. The highest BCUT2D eigenvalue weighted by Gasteiger charge is 2.31. The SMILES string of the molecule is Cc1ccc(C(F)(F)F)cc1NC(=O)[C@@H]1CCCCN1.Cl. The van der Waals surface area contributed by atoms with Crippen LogP contribution in [0.5, 0.6) is 0 Å². The third-order valence-corrected chi connectivity index (χ3v) is 3.45. The zero-order valence-electron chi connectivity index (χ0n) is 11.6. The maximum Gasteiger partial charge on any atom is 0.416 e. The summed E-state index contributed by atoms with van der Waals surface area (Å²) in [6.07, 6.45) is -1.72. The number of hydrogen-bond donors (Lipinski definition) is 2. The van der Waals surface area contributed by atoms with Crippen LogP contribution in [0.15, 0.2) is 18.2 Å². The molecule has 1 fully saturated rings. The Bertz CT molecular complexity index is 499. The molecule has 0 saturated carbocycles. The van der Waals surface area contributed by atoms with E-state index in [0.29, 0.717) is 12.0 Å². The monoisotopic (exact) mass is 322 g/mol. The van der Waals surface area contributed by atoms with Crippen molar-refractivity contribution in [2.24, 2.45) is 0 Å². The van der Waals surface area contributed by atoms with Crippen LogP contribution in [0.1, 0.15) is 30.4 Å². The number of carbonyl (C=O) groups excluding carboxylic acids is 1. The molecule has 1 aliphatic rings. The standard InChI is InChI=1S/C14H17F3N2O.ClH/c1-9-5-6-10(14(15,16)17)8-12(9)19-13(20)11-4-2-3-7-18-11;/h5-6,8,11,18H,2-4,7H2,1H3,(H,19,20);1H/t11-;/m0./s1. The first kappa shape index (κ1) is 17.8. The Labute approximate surface area is 127 Å². The molecule has 2 rings (SSSR count). The Morgan fingerprint density at radius 2 is 2.05 bits per heavy atom. The molecule has 0 aromatic heterocycles. The Morgan fingerprint density at radius 1 is 1.33 bits per heavy atom. The molecule has 1 saturated heterocycles. The number of rotatable bonds is 2. The van der Waals surface area contributed by atoms with Crippen LogP contribution in [-0.4, -0.2) is 18.5 Å². The van der Waals surface area contributed by atoms with Gasteiger partial charge in [-0.25, -0.2) is 0 Å². The van der Waals surface area contributed by atoms with Crippen molar-refractivity contribution in [1.82, 2.24) is 5.32 Å². The lowest BCUT2D eigenvalue weighted by Gasteiger charge is -2.23. The number of anilines is 1. The third-order valence-electron chi connectivity index (χ3n) is 3.45. The van der Waals surface area contributed by atoms with Crippen LogP contribution in [0, 0.1) is 6.92 Å². The third kappa shape index (κ3) is 4.61. The van der Waals surface area contributed by atoms with Crippen molar-refractivity contribution >= 4 is 24.0 Å². The lowest BCUT2D eigenvalue weighted by atomic mass is 10.0. The molecule has 0 bridgehead atoms. The molecule has 118 valence electrons. The summed E-state index contributed by atoms with van der Waals surface area (Å²) < 4.78 is 38.0. The summed E-state index contributed by atoms with van der Waals surface area (Å²) in [5.41, 5.74) is 0.0781. The van der Waals surface area contributed by atoms with Gasteiger partial charge in [0.1, 0.15) is 0 Å². The summed E-state index contributed by atoms with van der Waals surface area (Å²) in [6, 6.07) is 3.05. The molecule has 0 radical (unpaired) electrons. The quantitative estimate of drug-likeness (QED) is 0.874. The van der Waals surface area contributed by atoms with Crippen LogP contribution in [0.4, 0.5) is 18.9 Å². The molecule has 2 N–H and O–H groups in total. The smallest absolute Gasteiger partial charge is 0.324 e. The minimum absolute atomic E-state index is 0. The van der Waals surface area contributed by atoms with Gasteiger partial charge in [0, 0.05) is 5.69 Å². The van der Waals surface area contributed by atoms with Crippen molar-refractivity contribution in [3.63, 3.8) is 0 Å². The molecule has 1 atom stereocenters. The van der Waals surface area contributed by atoms with Gasteiger partial charge in [-0.05, 0) is 44.0 Å². The van der Waals surface area contributed by atoms with E-state index in [4.69, 9.17) is 0 Å². The summed E-state index contributed by atoms with van der Waals surface area (Å²) in [5, 5.41) is 5.66. The molecule has 1 heterocycles. The lowest BCUT2D eigenvalue weighted by Crippen LogP contribution is -2.43. The van der Waals surface area contributed by atoms with E-state index in [0.717, 1.165) is 31.5 Å². The number of halogens is 4. The number of nitrogens with one attached hydrogen (secondary N) is 2. The van der Waals surface area contributed by atoms with Gasteiger partial charge in [0.05, 0.1) is 11.6 Å². The highest BCUT2D eigenvalue weighted by molar-refractivity contribution is 5.95. The summed E-state index contributed by atoms with van der Waals surface area (Å²) in [5.74, 6) is -0.271. The van der Waals surface area contributed by atoms with Crippen molar-refractivity contribution in [2.75, 3.05) is 11.9 Å². The van der Waals surface area contributed by atoms with Gasteiger partial charge >= 0.3 is 6.18 Å². The van der Waals surface area contributed by atoms with Crippen molar-refractivity contribution < 1.29 is 18.0 Å². The van der Waals surface area contributed by atoms with E-state index in [1.54, 1.807) is 6.92 Å². The van der Waals surface area contributed by atoms with Crippen molar-refractivity contribution in [3.05, 3.63) is 29.3 Å². The first-order chi connectivity index (χ1) is 9.38. The fraction of sp³-hybridized carbons (Fsp3) is 0.500. The number of amides is 1. The van der Waals surface area contributed by atoms with E-state index >= 15 is 0 Å². The van der Waals surface area contributed by atoms with Crippen LogP contribution < -0.4 is 10.6 Å². The Balaban J connectivity index is 0.00000220. The maximum atomic E-state index is 12.7. The number of piperidine rings is 1. The second kappa shape index (κ2) is 7.13. The predicted octanol–water partition coefficient (Wildman–Crippen LogP) is 3.52. The number of alkyl halides is 3. The second-order valence-electron chi connectivity index (χ2n) is 5.02. The van der Waals surface area contributed by atoms with Crippen molar-refractivity contribution in [2.45, 2.75) is 38.4 Å². The maximum absolute atomic E-state index is 12.7. The fourth-order valence-corrected chi connectivity index (χ4v) is 2.23. The molecule has 3 nitrogen and oxygen atoms in total. The zero-order valence-corrected chi connectivity index (χ0v) is 12.4. The first-order valence-corrected chi connectivity index (χ1v) is 6.60. The van der Waals surface area contributed by atoms with Crippen molar-refractivity contribution in [3.8, 4) is 0 Å². The number of hydrogen-bond acceptors (Lipinski definition) is 2. The van der Waals surface area contributed by atoms with Crippen LogP contribution in [0.25, 0.3) is 0 Å². The molecule has 7 heteroatoms. The summed E-state index contributed by atoms with van der Waals surface area (Å²) in [6.45, 7) is 2.43. The van der Waals surface area contributed by atoms with Gasteiger partial charge in [0.2, 0.25) is 5.91 Å². The number of benzene rings is 1. The summed E-state index contributed by atoms with van der Waals surface area (Å²) in [4.78, 5) is 12.0. The summed E-state index contributed by atoms with van der Waals surface area (Å²) in [7, 11) is 0. The van der Waals surface area contributed by atoms with Crippen LogP contribution in [-0.2, 0) is 11.0 Å². The van der Waals surface area contributed by atoms with Crippen LogP contribution in [0.2, 0.25) is 0 Å². The molecule has 1 aromatic rings. The van der Waals surface area contributed by atoms with E-state index in [2.05, 4.69) is 10.6 Å². The van der Waals surface area contributed by atoms with Crippen LogP contribution in [0.3, 0.4) is 0 Å². The van der Waals surface area contributed by atoms with Gasteiger partial charge in [-0.2, -0.15) is 13.2 Å². The molecular weight excluding hydrogens is 305 g/mol. The minimum atomic E-state index is -4.41. The van der Waals surface area contributed by atoms with Gasteiger partial charge in [-0.15, -0.1) is 12.4 Å². The molecule has 1 aromatic carbocycles. The molecule has 0 aliphatic carbocycles.